The van der Waals surface area contributed by atoms with E-state index in [-0.39, 0.29) is 23.4 Å². The molecule has 1 heterocycles. The molecule has 1 saturated heterocycles. The van der Waals surface area contributed by atoms with Crippen LogP contribution >= 0.6 is 15.9 Å². The molecule has 0 aliphatic carbocycles. The highest BCUT2D eigenvalue weighted by Crippen LogP contribution is 2.26. The maximum atomic E-state index is 12.0. The average Bonchev–Trinajstić information content (AvgIpc) is 2.94. The Morgan fingerprint density at radius 1 is 1.48 bits per heavy atom. The molecule has 0 bridgehead atoms. The van der Waals surface area contributed by atoms with Gasteiger partial charge in [0.1, 0.15) is 0 Å². The van der Waals surface area contributed by atoms with Crippen LogP contribution in [0.2, 0.25) is 0 Å². The number of rotatable bonds is 4. The molecule has 0 spiro atoms. The van der Waals surface area contributed by atoms with Crippen molar-refractivity contribution in [1.82, 2.24) is 5.32 Å². The molecule has 0 radical (unpaired) electrons. The third-order valence-electron chi connectivity index (χ3n) is 3.36. The number of aromatic carboxylic acids is 1. The molecule has 1 aromatic carbocycles. The fourth-order valence-corrected chi connectivity index (χ4v) is 2.74. The van der Waals surface area contributed by atoms with Crippen LogP contribution in [0.1, 0.15) is 30.1 Å². The number of anilines is 1. The quantitative estimate of drug-likeness (QED) is 0.773. The maximum absolute atomic E-state index is 12.0. The normalized spacial score (nSPS) is 19.0. The second-order valence-electron chi connectivity index (χ2n) is 4.91. The Kier molecular flexibility index (Phi) is 5.19. The summed E-state index contributed by atoms with van der Waals surface area (Å²) in [5.41, 5.74) is 0.270. The van der Waals surface area contributed by atoms with Gasteiger partial charge in [0.2, 0.25) is 0 Å². The molecule has 114 valence electrons. The lowest BCUT2D eigenvalue weighted by Crippen LogP contribution is -2.43. The summed E-state index contributed by atoms with van der Waals surface area (Å²) < 4.78 is 6.02. The molecule has 1 aliphatic heterocycles. The monoisotopic (exact) mass is 356 g/mol. The number of hydrogen-bond acceptors (Lipinski definition) is 3. The van der Waals surface area contributed by atoms with E-state index in [9.17, 15) is 9.59 Å². The summed E-state index contributed by atoms with van der Waals surface area (Å²) in [6, 6.07) is 4.12. The first-order valence-electron chi connectivity index (χ1n) is 6.70. The van der Waals surface area contributed by atoms with Gasteiger partial charge in [-0.3, -0.25) is 0 Å². The predicted octanol–water partition coefficient (Wildman–Crippen LogP) is 2.84. The molecular formula is C14H17BrN2O4. The van der Waals surface area contributed by atoms with Gasteiger partial charge in [-0.2, -0.15) is 0 Å². The van der Waals surface area contributed by atoms with E-state index in [1.165, 1.54) is 6.07 Å². The van der Waals surface area contributed by atoms with Crippen molar-refractivity contribution in [2.45, 2.75) is 31.9 Å². The van der Waals surface area contributed by atoms with E-state index >= 15 is 0 Å². The van der Waals surface area contributed by atoms with Crippen LogP contribution < -0.4 is 10.6 Å². The summed E-state index contributed by atoms with van der Waals surface area (Å²) >= 11 is 3.25. The molecule has 2 unspecified atom stereocenters. The molecule has 7 heteroatoms. The van der Waals surface area contributed by atoms with Crippen molar-refractivity contribution in [3.8, 4) is 0 Å². The first-order valence-corrected chi connectivity index (χ1v) is 7.49. The second kappa shape index (κ2) is 6.91. The summed E-state index contributed by atoms with van der Waals surface area (Å²) in [7, 11) is 0. The molecule has 3 N–H and O–H groups in total. The number of carboxylic acid groups (broad SMARTS) is 1. The zero-order valence-corrected chi connectivity index (χ0v) is 13.1. The first-order chi connectivity index (χ1) is 9.99. The number of hydrogen-bond donors (Lipinski definition) is 3. The van der Waals surface area contributed by atoms with Gasteiger partial charge in [-0.05, 0) is 47.8 Å². The van der Waals surface area contributed by atoms with Crippen LogP contribution in [-0.2, 0) is 4.74 Å². The number of benzene rings is 1. The van der Waals surface area contributed by atoms with Crippen LogP contribution in [0.4, 0.5) is 10.5 Å². The molecule has 1 aromatic rings. The number of nitrogens with one attached hydrogen (secondary N) is 2. The molecule has 2 rings (SSSR count). The van der Waals surface area contributed by atoms with Crippen LogP contribution in [0.3, 0.4) is 0 Å². The van der Waals surface area contributed by atoms with Crippen molar-refractivity contribution in [3.63, 3.8) is 0 Å². The number of urea groups is 1. The first kappa shape index (κ1) is 15.8. The minimum absolute atomic E-state index is 0.00825. The molecule has 0 saturated carbocycles. The molecule has 2 amide bonds. The third kappa shape index (κ3) is 3.95. The molecule has 1 aliphatic rings. The topological polar surface area (TPSA) is 87.7 Å². The maximum Gasteiger partial charge on any atom is 0.337 e. The summed E-state index contributed by atoms with van der Waals surface area (Å²) in [6.45, 7) is 2.58. The molecule has 1 fully saturated rings. The van der Waals surface area contributed by atoms with E-state index in [1.54, 1.807) is 12.1 Å². The Bertz CT molecular complexity index is 544. The van der Waals surface area contributed by atoms with E-state index in [2.05, 4.69) is 26.6 Å². The number of carbonyl (C=O) groups is 2. The number of para-hydroxylation sites is 1. The van der Waals surface area contributed by atoms with Crippen LogP contribution in [0, 0.1) is 0 Å². The lowest BCUT2D eigenvalue weighted by molar-refractivity contribution is 0.0698. The molecular weight excluding hydrogens is 340 g/mol. The van der Waals surface area contributed by atoms with E-state index in [4.69, 9.17) is 9.84 Å². The summed E-state index contributed by atoms with van der Waals surface area (Å²) in [5.74, 6) is -1.10. The lowest BCUT2D eigenvalue weighted by Gasteiger charge is -2.20. The highest BCUT2D eigenvalue weighted by Gasteiger charge is 2.24. The van der Waals surface area contributed by atoms with Crippen molar-refractivity contribution in [3.05, 3.63) is 28.2 Å². The summed E-state index contributed by atoms with van der Waals surface area (Å²) in [5, 5.41) is 14.5. The second-order valence-corrected chi connectivity index (χ2v) is 5.76. The summed E-state index contributed by atoms with van der Waals surface area (Å²) in [6.07, 6.45) is 1.91. The van der Waals surface area contributed by atoms with Gasteiger partial charge in [0.25, 0.3) is 0 Å². The van der Waals surface area contributed by atoms with Crippen molar-refractivity contribution in [2.75, 3.05) is 11.9 Å². The fourth-order valence-electron chi connectivity index (χ4n) is 2.28. The number of halogens is 1. The number of ether oxygens (including phenoxy) is 1. The van der Waals surface area contributed by atoms with Crippen molar-refractivity contribution < 1.29 is 19.4 Å². The smallest absolute Gasteiger partial charge is 0.337 e. The Hall–Kier alpha value is -1.60. The van der Waals surface area contributed by atoms with Gasteiger partial charge in [-0.15, -0.1) is 0 Å². The fraction of sp³-hybridized carbons (Fsp3) is 0.429. The average molecular weight is 357 g/mol. The zero-order valence-electron chi connectivity index (χ0n) is 11.6. The van der Waals surface area contributed by atoms with Gasteiger partial charge in [0.05, 0.1) is 23.4 Å². The lowest BCUT2D eigenvalue weighted by atomic mass is 10.1. The van der Waals surface area contributed by atoms with E-state index in [0.717, 1.165) is 12.8 Å². The highest BCUT2D eigenvalue weighted by atomic mass is 79.9. The van der Waals surface area contributed by atoms with Crippen LogP contribution in [0.5, 0.6) is 0 Å². The van der Waals surface area contributed by atoms with Gasteiger partial charge >= 0.3 is 12.0 Å². The van der Waals surface area contributed by atoms with E-state index in [0.29, 0.717) is 11.1 Å². The van der Waals surface area contributed by atoms with Gasteiger partial charge in [0.15, 0.2) is 0 Å². The van der Waals surface area contributed by atoms with Gasteiger partial charge in [-0.1, -0.05) is 6.07 Å². The molecule has 0 aromatic heterocycles. The largest absolute Gasteiger partial charge is 0.478 e. The Morgan fingerprint density at radius 2 is 2.24 bits per heavy atom. The number of carbonyl (C=O) groups excluding carboxylic acids is 1. The Morgan fingerprint density at radius 3 is 2.86 bits per heavy atom. The third-order valence-corrected chi connectivity index (χ3v) is 4.02. The molecule has 6 nitrogen and oxygen atoms in total. The van der Waals surface area contributed by atoms with Gasteiger partial charge in [-0.25, -0.2) is 9.59 Å². The van der Waals surface area contributed by atoms with Crippen molar-refractivity contribution in [2.24, 2.45) is 0 Å². The molecule has 21 heavy (non-hydrogen) atoms. The van der Waals surface area contributed by atoms with E-state index in [1.807, 2.05) is 6.92 Å². The zero-order chi connectivity index (χ0) is 15.4. The summed E-state index contributed by atoms with van der Waals surface area (Å²) in [4.78, 5) is 23.2. The minimum atomic E-state index is -1.10. The van der Waals surface area contributed by atoms with Gasteiger partial charge < -0.3 is 20.5 Å². The SMILES string of the molecule is CC(NC(=O)Nc1c(Br)cccc1C(=O)O)C1CCCO1. The van der Waals surface area contributed by atoms with Crippen LogP contribution in [0.15, 0.2) is 22.7 Å². The predicted molar refractivity (Wildman–Crippen MR) is 81.7 cm³/mol. The Balaban J connectivity index is 2.04. The van der Waals surface area contributed by atoms with Gasteiger partial charge in [0, 0.05) is 11.1 Å². The van der Waals surface area contributed by atoms with Crippen LogP contribution in [0.25, 0.3) is 0 Å². The standard InChI is InChI=1S/C14H17BrN2O4/c1-8(11-6-3-7-21-11)16-14(20)17-12-9(13(18)19)4-2-5-10(12)15/h2,4-5,8,11H,3,6-7H2,1H3,(H,18,19)(H2,16,17,20). The van der Waals surface area contributed by atoms with Crippen LogP contribution in [-0.4, -0.2) is 35.9 Å². The number of amides is 2. The number of carboxylic acids is 1. The minimum Gasteiger partial charge on any atom is -0.478 e. The van der Waals surface area contributed by atoms with Crippen molar-refractivity contribution in [1.29, 1.82) is 0 Å². The highest BCUT2D eigenvalue weighted by molar-refractivity contribution is 9.10. The Labute approximate surface area is 131 Å². The van der Waals surface area contributed by atoms with E-state index < -0.39 is 12.0 Å². The van der Waals surface area contributed by atoms with Crippen molar-refractivity contribution >= 4 is 33.6 Å². The molecule has 2 atom stereocenters.